The minimum absolute atomic E-state index is 0.0310. The molecule has 4 rings (SSSR count). The number of nitrogens with one attached hydrogen (secondary N) is 2. The molecule has 38 heavy (non-hydrogen) atoms. The number of amides is 3. The van der Waals surface area contributed by atoms with Crippen molar-refractivity contribution in [2.45, 2.75) is 43.9 Å². The standard InChI is InChI=1S/C28H29N3O5S2/c1-16-8-10-19(11-9-16)26(34)29-20-6-5-7-21(14-20)37-17(2)25(33)30-27-24(28(35)36-4)22-12-13-31(18(3)32)15-23(22)38-27/h5-11,14,17H,12-13,15H2,1-4H3,(H,29,34)(H,30,33). The first-order chi connectivity index (χ1) is 18.2. The van der Waals surface area contributed by atoms with Crippen molar-refractivity contribution in [3.05, 3.63) is 75.7 Å². The molecular formula is C28H29N3O5S2. The van der Waals surface area contributed by atoms with Gasteiger partial charge in [0.15, 0.2) is 0 Å². The van der Waals surface area contributed by atoms with Crippen LogP contribution in [0.3, 0.4) is 0 Å². The minimum atomic E-state index is -0.508. The predicted molar refractivity (Wildman–Crippen MR) is 150 cm³/mol. The van der Waals surface area contributed by atoms with Gasteiger partial charge in [0.05, 0.1) is 24.5 Å². The van der Waals surface area contributed by atoms with Gasteiger partial charge in [0.1, 0.15) is 5.00 Å². The van der Waals surface area contributed by atoms with Crippen molar-refractivity contribution < 1.29 is 23.9 Å². The molecule has 2 heterocycles. The van der Waals surface area contributed by atoms with Gasteiger partial charge in [-0.3, -0.25) is 14.4 Å². The molecule has 0 fully saturated rings. The van der Waals surface area contributed by atoms with Crippen molar-refractivity contribution in [3.8, 4) is 0 Å². The maximum Gasteiger partial charge on any atom is 0.341 e. The van der Waals surface area contributed by atoms with E-state index >= 15 is 0 Å². The third-order valence-corrected chi connectivity index (χ3v) is 8.44. The highest BCUT2D eigenvalue weighted by atomic mass is 32.2. The first-order valence-corrected chi connectivity index (χ1v) is 13.8. The number of rotatable bonds is 7. The number of aryl methyl sites for hydroxylation is 1. The first kappa shape index (κ1) is 27.4. The highest BCUT2D eigenvalue weighted by Gasteiger charge is 2.30. The lowest BCUT2D eigenvalue weighted by Crippen LogP contribution is -2.33. The lowest BCUT2D eigenvalue weighted by molar-refractivity contribution is -0.129. The molecular weight excluding hydrogens is 522 g/mol. The van der Waals surface area contributed by atoms with Crippen LogP contribution in [0.5, 0.6) is 0 Å². The van der Waals surface area contributed by atoms with E-state index in [4.69, 9.17) is 4.74 Å². The summed E-state index contributed by atoms with van der Waals surface area (Å²) in [7, 11) is 1.31. The topological polar surface area (TPSA) is 105 Å². The van der Waals surface area contributed by atoms with Crippen LogP contribution in [0, 0.1) is 6.92 Å². The fourth-order valence-corrected chi connectivity index (χ4v) is 6.29. The molecule has 1 atom stereocenters. The fourth-order valence-electron chi connectivity index (χ4n) is 4.10. The largest absolute Gasteiger partial charge is 0.465 e. The summed E-state index contributed by atoms with van der Waals surface area (Å²) < 4.78 is 4.99. The van der Waals surface area contributed by atoms with Crippen LogP contribution in [0.1, 0.15) is 50.6 Å². The molecule has 0 bridgehead atoms. The summed E-state index contributed by atoms with van der Waals surface area (Å²) in [4.78, 5) is 53.5. The molecule has 3 amide bonds. The molecule has 0 saturated carbocycles. The van der Waals surface area contributed by atoms with Crippen LogP contribution in [0.25, 0.3) is 0 Å². The van der Waals surface area contributed by atoms with Crippen LogP contribution in [0.15, 0.2) is 53.4 Å². The molecule has 198 valence electrons. The monoisotopic (exact) mass is 551 g/mol. The van der Waals surface area contributed by atoms with Crippen molar-refractivity contribution in [1.29, 1.82) is 0 Å². The van der Waals surface area contributed by atoms with Gasteiger partial charge in [0.2, 0.25) is 11.8 Å². The number of hydrogen-bond acceptors (Lipinski definition) is 7. The molecule has 1 aromatic heterocycles. The molecule has 1 aliphatic rings. The summed E-state index contributed by atoms with van der Waals surface area (Å²) in [5.74, 6) is -1.02. The molecule has 2 aromatic carbocycles. The lowest BCUT2D eigenvalue weighted by atomic mass is 10.0. The maximum atomic E-state index is 13.1. The number of carbonyl (C=O) groups is 4. The Hall–Kier alpha value is -3.63. The van der Waals surface area contributed by atoms with Crippen molar-refractivity contribution in [3.63, 3.8) is 0 Å². The lowest BCUT2D eigenvalue weighted by Gasteiger charge is -2.25. The summed E-state index contributed by atoms with van der Waals surface area (Å²) in [5.41, 5.74) is 3.45. The SMILES string of the molecule is COC(=O)c1c(NC(=O)C(C)Sc2cccc(NC(=O)c3ccc(C)cc3)c2)sc2c1CCN(C(C)=O)C2. The smallest absolute Gasteiger partial charge is 0.341 e. The number of anilines is 2. The number of ether oxygens (including phenoxy) is 1. The van der Waals surface area contributed by atoms with Crippen LogP contribution in [-0.4, -0.2) is 47.5 Å². The number of carbonyl (C=O) groups excluding carboxylic acids is 4. The van der Waals surface area contributed by atoms with Crippen molar-refractivity contribution >= 4 is 57.5 Å². The molecule has 8 nitrogen and oxygen atoms in total. The Kier molecular flexibility index (Phi) is 8.53. The third-order valence-electron chi connectivity index (χ3n) is 6.22. The Morgan fingerprint density at radius 1 is 1.08 bits per heavy atom. The van der Waals surface area contributed by atoms with E-state index in [0.717, 1.165) is 20.9 Å². The van der Waals surface area contributed by atoms with Crippen molar-refractivity contribution in [2.75, 3.05) is 24.3 Å². The Labute approximate surface area is 229 Å². The van der Waals surface area contributed by atoms with Gasteiger partial charge in [-0.1, -0.05) is 23.8 Å². The van der Waals surface area contributed by atoms with Gasteiger partial charge < -0.3 is 20.3 Å². The van der Waals surface area contributed by atoms with Crippen LogP contribution >= 0.6 is 23.1 Å². The predicted octanol–water partition coefficient (Wildman–Crippen LogP) is 5.12. The number of thioether (sulfide) groups is 1. The number of methoxy groups -OCH3 is 1. The van der Waals surface area contributed by atoms with Gasteiger partial charge in [-0.15, -0.1) is 23.1 Å². The first-order valence-electron chi connectivity index (χ1n) is 12.1. The van der Waals surface area contributed by atoms with E-state index in [9.17, 15) is 19.2 Å². The second kappa shape index (κ2) is 11.8. The zero-order valence-electron chi connectivity index (χ0n) is 21.6. The molecule has 0 radical (unpaired) electrons. The zero-order valence-corrected chi connectivity index (χ0v) is 23.3. The van der Waals surface area contributed by atoms with E-state index in [1.165, 1.54) is 37.1 Å². The van der Waals surface area contributed by atoms with Crippen LogP contribution in [0.2, 0.25) is 0 Å². The Balaban J connectivity index is 1.45. The fraction of sp³-hybridized carbons (Fsp3) is 0.286. The summed E-state index contributed by atoms with van der Waals surface area (Å²) >= 11 is 2.64. The molecule has 1 aliphatic heterocycles. The number of benzene rings is 2. The summed E-state index contributed by atoms with van der Waals surface area (Å²) in [6, 6.07) is 14.6. The Morgan fingerprint density at radius 3 is 2.50 bits per heavy atom. The number of thiophene rings is 1. The second-order valence-electron chi connectivity index (χ2n) is 8.99. The second-order valence-corrected chi connectivity index (χ2v) is 11.5. The zero-order chi connectivity index (χ0) is 27.4. The van der Waals surface area contributed by atoms with E-state index in [1.807, 2.05) is 37.3 Å². The van der Waals surface area contributed by atoms with Gasteiger partial charge in [-0.2, -0.15) is 0 Å². The molecule has 10 heteroatoms. The number of nitrogens with zero attached hydrogens (tertiary/aromatic N) is 1. The Bertz CT molecular complexity index is 1380. The molecule has 2 N–H and O–H groups in total. The molecule has 0 spiro atoms. The van der Waals surface area contributed by atoms with Crippen LogP contribution < -0.4 is 10.6 Å². The maximum absolute atomic E-state index is 13.1. The highest BCUT2D eigenvalue weighted by Crippen LogP contribution is 2.38. The van der Waals surface area contributed by atoms with Crippen LogP contribution in [-0.2, 0) is 27.3 Å². The van der Waals surface area contributed by atoms with E-state index < -0.39 is 11.2 Å². The molecule has 0 saturated heterocycles. The quantitative estimate of drug-likeness (QED) is 0.312. The highest BCUT2D eigenvalue weighted by molar-refractivity contribution is 8.00. The van der Waals surface area contributed by atoms with Gasteiger partial charge in [0, 0.05) is 34.5 Å². The molecule has 1 unspecified atom stereocenters. The minimum Gasteiger partial charge on any atom is -0.465 e. The van der Waals surface area contributed by atoms with Crippen molar-refractivity contribution in [1.82, 2.24) is 4.90 Å². The number of hydrogen-bond donors (Lipinski definition) is 2. The number of esters is 1. The van der Waals surface area contributed by atoms with Gasteiger partial charge in [-0.05, 0) is 56.2 Å². The van der Waals surface area contributed by atoms with E-state index in [2.05, 4.69) is 10.6 Å². The summed E-state index contributed by atoms with van der Waals surface area (Å²) in [6.07, 6.45) is 0.525. The third kappa shape index (κ3) is 6.25. The van der Waals surface area contributed by atoms with E-state index in [0.29, 0.717) is 41.3 Å². The summed E-state index contributed by atoms with van der Waals surface area (Å²) in [5, 5.41) is 5.74. The summed E-state index contributed by atoms with van der Waals surface area (Å²) in [6.45, 7) is 6.18. The number of fused-ring (bicyclic) bond motifs is 1. The molecule has 3 aromatic rings. The normalized spacial score (nSPS) is 13.3. The van der Waals surface area contributed by atoms with Gasteiger partial charge >= 0.3 is 5.97 Å². The van der Waals surface area contributed by atoms with E-state index in [1.54, 1.807) is 30.0 Å². The van der Waals surface area contributed by atoms with Crippen molar-refractivity contribution in [2.24, 2.45) is 0 Å². The van der Waals surface area contributed by atoms with E-state index in [-0.39, 0.29) is 17.7 Å². The van der Waals surface area contributed by atoms with Gasteiger partial charge in [-0.25, -0.2) is 4.79 Å². The van der Waals surface area contributed by atoms with Crippen LogP contribution in [0.4, 0.5) is 10.7 Å². The molecule has 0 aliphatic carbocycles. The Morgan fingerprint density at radius 2 is 1.82 bits per heavy atom. The average molecular weight is 552 g/mol. The average Bonchev–Trinajstić information content (AvgIpc) is 3.25. The van der Waals surface area contributed by atoms with Gasteiger partial charge in [0.25, 0.3) is 5.91 Å².